The van der Waals surface area contributed by atoms with Crippen molar-refractivity contribution in [3.05, 3.63) is 171 Å². The molecule has 0 bridgehead atoms. The van der Waals surface area contributed by atoms with E-state index in [0.29, 0.717) is 18.7 Å². The van der Waals surface area contributed by atoms with Crippen molar-refractivity contribution in [2.24, 2.45) is 0 Å². The second-order valence-electron chi connectivity index (χ2n) is 10.9. The minimum absolute atomic E-state index is 0.0434. The monoisotopic (exact) mass is 1230 g/mol. The first-order chi connectivity index (χ1) is 25.5. The van der Waals surface area contributed by atoms with Gasteiger partial charge >= 0.3 is 0 Å². The SMILES string of the molecule is Fc1cc(Br)cc(S(Sc2ccc(F)c(Br)c2)(Sc2ccc(F)cc2Br)(Sc2cc(F)ccc2Br)(Sc2cccc(Br)c2F)Sc2c(F)cccc2Br)c1. The number of hydrogen-bond donors (Lipinski definition) is 0. The molecule has 0 N–H and O–H groups in total. The van der Waals surface area contributed by atoms with E-state index in [1.54, 1.807) is 24.3 Å². The van der Waals surface area contributed by atoms with Crippen molar-refractivity contribution in [1.82, 2.24) is 0 Å². The Hall–Kier alpha value is -0.120. The van der Waals surface area contributed by atoms with Gasteiger partial charge in [-0.1, -0.05) is 63.9 Å². The van der Waals surface area contributed by atoms with Crippen molar-refractivity contribution in [1.29, 1.82) is 0 Å². The van der Waals surface area contributed by atoms with E-state index in [1.807, 2.05) is 0 Å². The Bertz CT molecular complexity index is 2410. The van der Waals surface area contributed by atoms with Gasteiger partial charge in [0.2, 0.25) is 0 Å². The van der Waals surface area contributed by atoms with Gasteiger partial charge in [0, 0.05) is 37.5 Å². The zero-order chi connectivity index (χ0) is 39.1. The Morgan fingerprint density at radius 2 is 1.07 bits per heavy atom. The van der Waals surface area contributed by atoms with Crippen LogP contribution in [0.2, 0.25) is 0 Å². The van der Waals surface area contributed by atoms with Crippen LogP contribution < -0.4 is 0 Å². The van der Waals surface area contributed by atoms with Crippen molar-refractivity contribution in [3.8, 4) is 0 Å². The Labute approximate surface area is 375 Å². The topological polar surface area (TPSA) is 0 Å². The molecule has 0 spiro atoms. The Kier molecular flexibility index (Phi) is 13.6. The smallest absolute Gasteiger partial charge is 0.151 e. The van der Waals surface area contributed by atoms with Gasteiger partial charge in [0.05, 0.1) is 18.7 Å². The van der Waals surface area contributed by atoms with Gasteiger partial charge in [0.25, 0.3) is 0 Å². The molecule has 0 aliphatic carbocycles. The first-order valence-corrected chi connectivity index (χ1v) is 28.6. The molecule has 0 unspecified atom stereocenters. The van der Waals surface area contributed by atoms with Crippen LogP contribution in [-0.4, -0.2) is 0 Å². The molecule has 0 aliphatic heterocycles. The third kappa shape index (κ3) is 8.75. The molecule has 0 aliphatic rings. The molecule has 6 aromatic rings. The Morgan fingerprint density at radius 3 is 1.78 bits per heavy atom. The van der Waals surface area contributed by atoms with E-state index in [1.165, 1.54) is 84.9 Å². The standard InChI is InChI=1S/C36H18Br6F6S6/c37-19-13-22(45)15-24(14-19)54(49-23-9-11-30(46)28(41)18-23,50-32-12-8-20(43)16-29(32)42,51-33-6-2-3-26(39)35(33)48,52-34-17-21(44)7-10-25(34)38)53-36-27(40)4-1-5-31(36)47/h1-18H. The van der Waals surface area contributed by atoms with Gasteiger partial charge in [-0.3, -0.25) is 0 Å². The molecule has 0 atom stereocenters. The van der Waals surface area contributed by atoms with Gasteiger partial charge in [0.1, 0.15) is 29.1 Å². The maximum atomic E-state index is 16.8. The van der Waals surface area contributed by atoms with Crippen LogP contribution in [0.3, 0.4) is 0 Å². The van der Waals surface area contributed by atoms with Crippen LogP contribution in [-0.2, 0) is 0 Å². The summed E-state index contributed by atoms with van der Waals surface area (Å²) in [5, 5.41) is 0. The molecule has 0 aromatic heterocycles. The first kappa shape index (κ1) is 43.5. The fourth-order valence-electron chi connectivity index (χ4n) is 4.86. The van der Waals surface area contributed by atoms with Crippen molar-refractivity contribution in [2.45, 2.75) is 29.4 Å². The van der Waals surface area contributed by atoms with Crippen LogP contribution in [0.25, 0.3) is 0 Å². The zero-order valence-corrected chi connectivity index (χ0v) is 40.8. The summed E-state index contributed by atoms with van der Waals surface area (Å²) in [5.41, 5.74) is 0. The highest BCUT2D eigenvalue weighted by Crippen LogP contribution is 3.28. The summed E-state index contributed by atoms with van der Waals surface area (Å²) in [5.74, 6) is -3.84. The second-order valence-corrected chi connectivity index (χ2v) is 43.2. The van der Waals surface area contributed by atoms with E-state index in [-0.39, 0.29) is 37.5 Å². The largest absolute Gasteiger partial charge is 0.207 e. The molecular weight excluding hydrogens is 1220 g/mol. The van der Waals surface area contributed by atoms with E-state index < -0.39 is 38.4 Å². The van der Waals surface area contributed by atoms with Crippen LogP contribution in [0, 0.1) is 34.9 Å². The van der Waals surface area contributed by atoms with Gasteiger partial charge < -0.3 is 0 Å². The van der Waals surface area contributed by atoms with E-state index >= 15 is 22.0 Å². The van der Waals surface area contributed by atoms with E-state index in [9.17, 15) is 4.39 Å². The molecule has 6 rings (SSSR count). The maximum absolute atomic E-state index is 16.8. The number of benzene rings is 6. The van der Waals surface area contributed by atoms with Gasteiger partial charge in [-0.05, 0) is 198 Å². The Morgan fingerprint density at radius 1 is 0.407 bits per heavy atom. The van der Waals surface area contributed by atoms with Gasteiger partial charge in [-0.15, -0.1) is 0 Å². The van der Waals surface area contributed by atoms with Gasteiger partial charge in [-0.2, -0.15) is 0 Å². The molecule has 18 heteroatoms. The summed E-state index contributed by atoms with van der Waals surface area (Å²) in [4.78, 5) is 1.36. The first-order valence-electron chi connectivity index (χ1n) is 14.8. The van der Waals surface area contributed by atoms with Crippen LogP contribution in [0.4, 0.5) is 26.3 Å². The second kappa shape index (κ2) is 16.9. The molecule has 0 nitrogen and oxygen atoms in total. The minimum atomic E-state index is -5.57. The average molecular weight is 1240 g/mol. The lowest BCUT2D eigenvalue weighted by molar-refractivity contribution is 0.595. The highest BCUT2D eigenvalue weighted by Gasteiger charge is 2.69. The number of hydrogen-bond acceptors (Lipinski definition) is 5. The summed E-state index contributed by atoms with van der Waals surface area (Å²) in [6, 6.07) is 25.6. The maximum Gasteiger partial charge on any atom is 0.151 e. The summed E-state index contributed by atoms with van der Waals surface area (Å²) in [7, 11) is 5.32. The number of halogens is 12. The van der Waals surface area contributed by atoms with E-state index in [2.05, 4.69) is 95.6 Å². The summed E-state index contributed by atoms with van der Waals surface area (Å²) >= 11 is 20.8. The molecule has 6 aromatic carbocycles. The van der Waals surface area contributed by atoms with Crippen LogP contribution in [0.1, 0.15) is 0 Å². The number of rotatable bonds is 11. The predicted molar refractivity (Wildman–Crippen MR) is 240 cm³/mol. The molecular formula is C36H18Br6F6S6. The summed E-state index contributed by atoms with van der Waals surface area (Å²) < 4.78 is 91.0. The predicted octanol–water partition coefficient (Wildman–Crippen LogP) is 18.9. The normalized spacial score (nSPS) is 13.1. The average Bonchev–Trinajstić information content (AvgIpc) is 3.10. The molecule has 0 radical (unpaired) electrons. The fourth-order valence-corrected chi connectivity index (χ4v) is 42.0. The fraction of sp³-hybridized carbons (Fsp3) is 0. The van der Waals surface area contributed by atoms with Crippen LogP contribution >= 0.6 is 153 Å². The van der Waals surface area contributed by atoms with Crippen molar-refractivity contribution in [2.75, 3.05) is 0 Å². The van der Waals surface area contributed by atoms with Crippen molar-refractivity contribution in [3.63, 3.8) is 0 Å². The third-order valence-corrected chi connectivity index (χ3v) is 40.4. The minimum Gasteiger partial charge on any atom is -0.207 e. The molecule has 0 heterocycles. The van der Waals surface area contributed by atoms with E-state index in [0.717, 1.165) is 54.0 Å². The van der Waals surface area contributed by atoms with Crippen molar-refractivity contribution >= 4 is 153 Å². The van der Waals surface area contributed by atoms with Gasteiger partial charge in [-0.25, -0.2) is 26.3 Å². The Balaban J connectivity index is 1.98. The highest BCUT2D eigenvalue weighted by atomic mass is 79.9. The van der Waals surface area contributed by atoms with Gasteiger partial charge in [0.15, 0.2) is 5.82 Å². The molecule has 0 fully saturated rings. The molecule has 0 saturated carbocycles. The quantitative estimate of drug-likeness (QED) is 0.0934. The lowest BCUT2D eigenvalue weighted by Crippen LogP contribution is -2.20. The van der Waals surface area contributed by atoms with Crippen LogP contribution in [0.5, 0.6) is 0 Å². The molecule has 0 amide bonds. The summed E-state index contributed by atoms with van der Waals surface area (Å²) in [6.07, 6.45) is 0. The summed E-state index contributed by atoms with van der Waals surface area (Å²) in [6.45, 7) is 0. The van der Waals surface area contributed by atoms with E-state index in [4.69, 9.17) is 0 Å². The zero-order valence-electron chi connectivity index (χ0n) is 26.4. The van der Waals surface area contributed by atoms with Crippen LogP contribution in [0.15, 0.2) is 165 Å². The molecule has 282 valence electrons. The molecule has 54 heavy (non-hydrogen) atoms. The van der Waals surface area contributed by atoms with Crippen molar-refractivity contribution < 1.29 is 26.3 Å². The molecule has 0 saturated heterocycles. The lowest BCUT2D eigenvalue weighted by Gasteiger charge is -2.74. The highest BCUT2D eigenvalue weighted by molar-refractivity contribution is 9.97. The lowest BCUT2D eigenvalue weighted by atomic mass is 10.3. The third-order valence-electron chi connectivity index (χ3n) is 7.17.